The number of hydrogen-bond donors (Lipinski definition) is 1. The van der Waals surface area contributed by atoms with Crippen LogP contribution in [-0.4, -0.2) is 25.8 Å². The molecule has 2 unspecified atom stereocenters. The first-order valence-corrected chi connectivity index (χ1v) is 5.58. The molecule has 0 aliphatic heterocycles. The fourth-order valence-corrected chi connectivity index (χ4v) is 1.21. The highest BCUT2D eigenvalue weighted by Crippen LogP contribution is 2.20. The van der Waals surface area contributed by atoms with E-state index in [1.807, 2.05) is 7.05 Å². The van der Waals surface area contributed by atoms with Gasteiger partial charge >= 0.3 is 0 Å². The lowest BCUT2D eigenvalue weighted by atomic mass is 9.87. The number of hydrogen-bond acceptors (Lipinski definition) is 2. The molecule has 2 atom stereocenters. The highest BCUT2D eigenvalue weighted by Gasteiger charge is 2.23. The number of nitrogens with one attached hydrogen (secondary N) is 1. The fourth-order valence-electron chi connectivity index (χ4n) is 1.21. The van der Waals surface area contributed by atoms with Crippen LogP contribution in [0.5, 0.6) is 0 Å². The topological polar surface area (TPSA) is 21.3 Å². The molecule has 0 aliphatic rings. The average Bonchev–Trinajstić information content (AvgIpc) is 2.02. The summed E-state index contributed by atoms with van der Waals surface area (Å²) in [6.45, 7) is 14.0. The number of ether oxygens (including phenoxy) is 1. The summed E-state index contributed by atoms with van der Waals surface area (Å²) in [5.41, 5.74) is 0.255. The summed E-state index contributed by atoms with van der Waals surface area (Å²) < 4.78 is 5.82. The molecule has 1 N–H and O–H groups in total. The monoisotopic (exact) mass is 201 g/mol. The first-order chi connectivity index (χ1) is 6.29. The summed E-state index contributed by atoms with van der Waals surface area (Å²) in [5.74, 6) is 0.590. The van der Waals surface area contributed by atoms with E-state index in [0.29, 0.717) is 18.1 Å². The Morgan fingerprint density at radius 2 is 1.64 bits per heavy atom. The Bertz CT molecular complexity index is 149. The van der Waals surface area contributed by atoms with E-state index in [1.54, 1.807) is 0 Å². The van der Waals surface area contributed by atoms with Crippen LogP contribution in [0.3, 0.4) is 0 Å². The molecule has 0 radical (unpaired) electrons. The standard InChI is InChI=1S/C12H27NO/c1-9(2)10(3)14-8-11(13-7)12(4,5)6/h9-11,13H,8H2,1-7H3. The first-order valence-electron chi connectivity index (χ1n) is 5.58. The molecule has 2 heteroatoms. The molecule has 0 spiro atoms. The van der Waals surface area contributed by atoms with E-state index in [1.165, 1.54) is 0 Å². The quantitative estimate of drug-likeness (QED) is 0.738. The molecular formula is C12H27NO. The molecule has 0 fully saturated rings. The second kappa shape index (κ2) is 5.72. The van der Waals surface area contributed by atoms with Gasteiger partial charge in [-0.05, 0) is 25.3 Å². The third-order valence-corrected chi connectivity index (χ3v) is 2.86. The minimum Gasteiger partial charge on any atom is -0.377 e. The minimum atomic E-state index is 0.255. The van der Waals surface area contributed by atoms with E-state index in [-0.39, 0.29) is 5.41 Å². The van der Waals surface area contributed by atoms with Crippen molar-refractivity contribution in [2.75, 3.05) is 13.7 Å². The summed E-state index contributed by atoms with van der Waals surface area (Å²) in [6.07, 6.45) is 0.341. The first kappa shape index (κ1) is 13.9. The molecular weight excluding hydrogens is 174 g/mol. The predicted molar refractivity (Wildman–Crippen MR) is 62.6 cm³/mol. The van der Waals surface area contributed by atoms with Crippen LogP contribution in [-0.2, 0) is 4.74 Å². The summed E-state index contributed by atoms with van der Waals surface area (Å²) >= 11 is 0. The van der Waals surface area contributed by atoms with Gasteiger partial charge in [-0.2, -0.15) is 0 Å². The van der Waals surface area contributed by atoms with E-state index in [0.717, 1.165) is 6.61 Å². The molecule has 0 amide bonds. The van der Waals surface area contributed by atoms with Crippen LogP contribution in [0, 0.1) is 11.3 Å². The van der Waals surface area contributed by atoms with Crippen molar-refractivity contribution in [2.45, 2.75) is 53.7 Å². The third-order valence-electron chi connectivity index (χ3n) is 2.86. The second-order valence-corrected chi connectivity index (χ2v) is 5.49. The van der Waals surface area contributed by atoms with Crippen molar-refractivity contribution in [1.82, 2.24) is 5.32 Å². The van der Waals surface area contributed by atoms with Crippen molar-refractivity contribution in [2.24, 2.45) is 11.3 Å². The molecule has 0 bridgehead atoms. The van der Waals surface area contributed by atoms with Crippen molar-refractivity contribution < 1.29 is 4.74 Å². The molecule has 0 aromatic heterocycles. The Labute approximate surface area is 89.4 Å². The van der Waals surface area contributed by atoms with Crippen molar-refractivity contribution in [1.29, 1.82) is 0 Å². The minimum absolute atomic E-state index is 0.255. The molecule has 0 saturated heterocycles. The van der Waals surface area contributed by atoms with Gasteiger partial charge in [0.2, 0.25) is 0 Å². The molecule has 0 rings (SSSR count). The van der Waals surface area contributed by atoms with Gasteiger partial charge in [-0.25, -0.2) is 0 Å². The van der Waals surface area contributed by atoms with E-state index >= 15 is 0 Å². The van der Waals surface area contributed by atoms with E-state index in [4.69, 9.17) is 4.74 Å². The average molecular weight is 201 g/mol. The lowest BCUT2D eigenvalue weighted by Crippen LogP contribution is -2.42. The van der Waals surface area contributed by atoms with Crippen molar-refractivity contribution in [3.63, 3.8) is 0 Å². The summed E-state index contributed by atoms with van der Waals surface area (Å²) in [6, 6.07) is 0.420. The second-order valence-electron chi connectivity index (χ2n) is 5.49. The van der Waals surface area contributed by atoms with Gasteiger partial charge < -0.3 is 10.1 Å². The molecule has 0 aromatic carbocycles. The van der Waals surface area contributed by atoms with Crippen LogP contribution in [0.1, 0.15) is 41.5 Å². The molecule has 0 aromatic rings. The Hall–Kier alpha value is -0.0800. The highest BCUT2D eigenvalue weighted by molar-refractivity contribution is 4.79. The predicted octanol–water partition coefficient (Wildman–Crippen LogP) is 2.68. The van der Waals surface area contributed by atoms with Crippen LogP contribution >= 0.6 is 0 Å². The van der Waals surface area contributed by atoms with Crippen LogP contribution < -0.4 is 5.32 Å². The normalized spacial score (nSPS) is 17.1. The van der Waals surface area contributed by atoms with E-state index < -0.39 is 0 Å². The van der Waals surface area contributed by atoms with E-state index in [2.05, 4.69) is 46.9 Å². The summed E-state index contributed by atoms with van der Waals surface area (Å²) in [7, 11) is 2.00. The zero-order chi connectivity index (χ0) is 11.4. The Balaban J connectivity index is 3.97. The number of likely N-dealkylation sites (N-methyl/N-ethyl adjacent to an activating group) is 1. The fraction of sp³-hybridized carbons (Fsp3) is 1.00. The number of rotatable bonds is 5. The third kappa shape index (κ3) is 4.97. The molecule has 0 heterocycles. The van der Waals surface area contributed by atoms with E-state index in [9.17, 15) is 0 Å². The molecule has 2 nitrogen and oxygen atoms in total. The van der Waals surface area contributed by atoms with Gasteiger partial charge in [0.15, 0.2) is 0 Å². The van der Waals surface area contributed by atoms with Gasteiger partial charge in [0.1, 0.15) is 0 Å². The zero-order valence-corrected chi connectivity index (χ0v) is 10.8. The van der Waals surface area contributed by atoms with Crippen LogP contribution in [0.25, 0.3) is 0 Å². The van der Waals surface area contributed by atoms with Gasteiger partial charge in [-0.1, -0.05) is 34.6 Å². The maximum absolute atomic E-state index is 5.82. The van der Waals surface area contributed by atoms with Gasteiger partial charge in [0.25, 0.3) is 0 Å². The lowest BCUT2D eigenvalue weighted by Gasteiger charge is -2.31. The highest BCUT2D eigenvalue weighted by atomic mass is 16.5. The van der Waals surface area contributed by atoms with Gasteiger partial charge in [0.05, 0.1) is 12.7 Å². The Morgan fingerprint density at radius 3 is 1.93 bits per heavy atom. The molecule has 0 aliphatic carbocycles. The van der Waals surface area contributed by atoms with Crippen molar-refractivity contribution in [3.8, 4) is 0 Å². The van der Waals surface area contributed by atoms with Crippen LogP contribution in [0.15, 0.2) is 0 Å². The van der Waals surface area contributed by atoms with Crippen molar-refractivity contribution in [3.05, 3.63) is 0 Å². The SMILES string of the molecule is CNC(COC(C)C(C)C)C(C)(C)C. The summed E-state index contributed by atoms with van der Waals surface area (Å²) in [5, 5.41) is 3.31. The van der Waals surface area contributed by atoms with Crippen LogP contribution in [0.4, 0.5) is 0 Å². The molecule has 14 heavy (non-hydrogen) atoms. The maximum atomic E-state index is 5.82. The molecule has 0 saturated carbocycles. The smallest absolute Gasteiger partial charge is 0.0628 e. The van der Waals surface area contributed by atoms with Gasteiger partial charge in [0, 0.05) is 6.04 Å². The van der Waals surface area contributed by atoms with Crippen molar-refractivity contribution >= 4 is 0 Å². The summed E-state index contributed by atoms with van der Waals surface area (Å²) in [4.78, 5) is 0. The van der Waals surface area contributed by atoms with Gasteiger partial charge in [-0.3, -0.25) is 0 Å². The maximum Gasteiger partial charge on any atom is 0.0628 e. The molecule has 86 valence electrons. The Kier molecular flexibility index (Phi) is 5.68. The van der Waals surface area contributed by atoms with Crippen LogP contribution in [0.2, 0.25) is 0 Å². The largest absolute Gasteiger partial charge is 0.377 e. The van der Waals surface area contributed by atoms with Gasteiger partial charge in [-0.15, -0.1) is 0 Å². The zero-order valence-electron chi connectivity index (χ0n) is 10.8. The Morgan fingerprint density at radius 1 is 1.14 bits per heavy atom. The lowest BCUT2D eigenvalue weighted by molar-refractivity contribution is 0.00524.